The Morgan fingerprint density at radius 1 is 1.64 bits per heavy atom. The summed E-state index contributed by atoms with van der Waals surface area (Å²) in [6.07, 6.45) is 0. The van der Waals surface area contributed by atoms with Crippen molar-refractivity contribution in [2.45, 2.75) is 6.92 Å². The number of halogens is 2. The highest BCUT2D eigenvalue weighted by Crippen LogP contribution is 2.15. The van der Waals surface area contributed by atoms with Crippen molar-refractivity contribution in [3.8, 4) is 0 Å². The van der Waals surface area contributed by atoms with Crippen LogP contribution in [0.5, 0.6) is 0 Å². The number of amides is 1. The van der Waals surface area contributed by atoms with Crippen LogP contribution in [0.1, 0.15) is 6.92 Å². The molecule has 1 heterocycles. The predicted molar refractivity (Wildman–Crippen MR) is 60.8 cm³/mol. The zero-order valence-electron chi connectivity index (χ0n) is 8.18. The molecule has 1 fully saturated rings. The molecule has 82 valence electrons. The third-order valence-electron chi connectivity index (χ3n) is 2.31. The van der Waals surface area contributed by atoms with Crippen LogP contribution in [0, 0.1) is 11.8 Å². The average molecular weight is 239 g/mol. The van der Waals surface area contributed by atoms with Crippen LogP contribution in [0.4, 0.5) is 0 Å². The smallest absolute Gasteiger partial charge is 0.225 e. The van der Waals surface area contributed by atoms with E-state index in [4.69, 9.17) is 11.6 Å². The van der Waals surface area contributed by atoms with Crippen LogP contribution in [-0.2, 0) is 4.79 Å². The van der Waals surface area contributed by atoms with E-state index in [0.717, 1.165) is 13.1 Å². The Bertz CT molecular complexity index is 221. The van der Waals surface area contributed by atoms with E-state index >= 15 is 0 Å². The zero-order chi connectivity index (χ0) is 9.84. The fourth-order valence-corrected chi connectivity index (χ4v) is 1.54. The minimum atomic E-state index is 0. The van der Waals surface area contributed by atoms with Crippen molar-refractivity contribution in [2.24, 2.45) is 11.8 Å². The Morgan fingerprint density at radius 2 is 2.29 bits per heavy atom. The number of hydrogen-bond donors (Lipinski definition) is 2. The molecule has 0 saturated carbocycles. The summed E-state index contributed by atoms with van der Waals surface area (Å²) in [5, 5.41) is 6.38. The molecule has 1 amide bonds. The average Bonchev–Trinajstić information content (AvgIpc) is 2.47. The first-order chi connectivity index (χ1) is 6.11. The molecular formula is C9H16Cl2N2O. The van der Waals surface area contributed by atoms with Crippen LogP contribution in [0.3, 0.4) is 0 Å². The van der Waals surface area contributed by atoms with Gasteiger partial charge in [-0.3, -0.25) is 4.79 Å². The largest absolute Gasteiger partial charge is 0.351 e. The summed E-state index contributed by atoms with van der Waals surface area (Å²) in [5.41, 5.74) is 0. The normalized spacial score (nSPS) is 25.3. The van der Waals surface area contributed by atoms with Gasteiger partial charge in [-0.25, -0.2) is 0 Å². The second-order valence-corrected chi connectivity index (χ2v) is 4.01. The molecule has 0 radical (unpaired) electrons. The monoisotopic (exact) mass is 238 g/mol. The molecule has 0 bridgehead atoms. The summed E-state index contributed by atoms with van der Waals surface area (Å²) in [7, 11) is 0. The third kappa shape index (κ3) is 3.86. The van der Waals surface area contributed by atoms with Crippen LogP contribution >= 0.6 is 24.0 Å². The molecule has 5 heteroatoms. The lowest BCUT2D eigenvalue weighted by atomic mass is 9.97. The van der Waals surface area contributed by atoms with Crippen molar-refractivity contribution >= 4 is 29.9 Å². The minimum Gasteiger partial charge on any atom is -0.351 e. The van der Waals surface area contributed by atoms with Gasteiger partial charge in [0.25, 0.3) is 0 Å². The number of carbonyl (C=O) groups is 1. The molecule has 1 aliphatic heterocycles. The quantitative estimate of drug-likeness (QED) is 0.775. The summed E-state index contributed by atoms with van der Waals surface area (Å²) < 4.78 is 0. The first-order valence-corrected chi connectivity index (χ1v) is 4.80. The molecule has 0 aromatic heterocycles. The molecule has 3 nitrogen and oxygen atoms in total. The van der Waals surface area contributed by atoms with E-state index in [1.165, 1.54) is 0 Å². The molecule has 2 atom stereocenters. The van der Waals surface area contributed by atoms with Gasteiger partial charge in [0.2, 0.25) is 5.91 Å². The van der Waals surface area contributed by atoms with Crippen molar-refractivity contribution in [1.29, 1.82) is 0 Å². The minimum absolute atomic E-state index is 0. The predicted octanol–water partition coefficient (Wildman–Crippen LogP) is 1.13. The Hall–Kier alpha value is -0.250. The summed E-state index contributed by atoms with van der Waals surface area (Å²) >= 11 is 5.54. The van der Waals surface area contributed by atoms with Gasteiger partial charge in [0.15, 0.2) is 0 Å². The number of carbonyl (C=O) groups excluding carboxylic acids is 1. The first-order valence-electron chi connectivity index (χ1n) is 4.43. The van der Waals surface area contributed by atoms with E-state index in [-0.39, 0.29) is 24.2 Å². The Kier molecular flexibility index (Phi) is 6.16. The van der Waals surface area contributed by atoms with Crippen molar-refractivity contribution in [3.05, 3.63) is 11.6 Å². The van der Waals surface area contributed by atoms with Crippen LogP contribution in [0.25, 0.3) is 0 Å². The van der Waals surface area contributed by atoms with E-state index in [2.05, 4.69) is 24.1 Å². The summed E-state index contributed by atoms with van der Waals surface area (Å²) in [6, 6.07) is 0. The maximum Gasteiger partial charge on any atom is 0.225 e. The second-order valence-electron chi connectivity index (χ2n) is 3.48. The molecule has 1 rings (SSSR count). The fraction of sp³-hybridized carbons (Fsp3) is 0.667. The molecule has 0 aliphatic carbocycles. The molecule has 14 heavy (non-hydrogen) atoms. The van der Waals surface area contributed by atoms with Crippen molar-refractivity contribution in [1.82, 2.24) is 10.6 Å². The van der Waals surface area contributed by atoms with Crippen LogP contribution in [0.15, 0.2) is 11.6 Å². The molecule has 0 unspecified atom stereocenters. The van der Waals surface area contributed by atoms with Crippen LogP contribution < -0.4 is 10.6 Å². The standard InChI is InChI=1S/C9H15ClN2O.ClH/c1-6-3-11-5-8(6)9(13)12-4-7(2)10;/h6,8,11H,2-5H2,1H3,(H,12,13);1H/t6-,8-;/m1./s1. The zero-order valence-corrected chi connectivity index (χ0v) is 9.75. The van der Waals surface area contributed by atoms with Crippen LogP contribution in [0.2, 0.25) is 0 Å². The third-order valence-corrected chi connectivity index (χ3v) is 2.44. The molecule has 0 aromatic carbocycles. The van der Waals surface area contributed by atoms with E-state index in [1.807, 2.05) is 0 Å². The fourth-order valence-electron chi connectivity index (χ4n) is 1.48. The maximum absolute atomic E-state index is 11.5. The van der Waals surface area contributed by atoms with Gasteiger partial charge in [0.1, 0.15) is 0 Å². The Balaban J connectivity index is 0.00000169. The number of nitrogens with one attached hydrogen (secondary N) is 2. The lowest BCUT2D eigenvalue weighted by Gasteiger charge is -2.13. The van der Waals surface area contributed by atoms with Gasteiger partial charge in [-0.05, 0) is 12.5 Å². The summed E-state index contributed by atoms with van der Waals surface area (Å²) in [5.74, 6) is 0.555. The highest BCUT2D eigenvalue weighted by Gasteiger charge is 2.28. The number of rotatable bonds is 3. The first kappa shape index (κ1) is 13.8. The topological polar surface area (TPSA) is 41.1 Å². The Labute approximate surface area is 95.7 Å². The van der Waals surface area contributed by atoms with Gasteiger partial charge in [-0.15, -0.1) is 12.4 Å². The van der Waals surface area contributed by atoms with Crippen molar-refractivity contribution < 1.29 is 4.79 Å². The second kappa shape index (κ2) is 6.27. The summed E-state index contributed by atoms with van der Waals surface area (Å²) in [6.45, 7) is 7.62. The highest BCUT2D eigenvalue weighted by molar-refractivity contribution is 6.29. The van der Waals surface area contributed by atoms with Gasteiger partial charge in [0.05, 0.1) is 12.5 Å². The molecule has 0 spiro atoms. The lowest BCUT2D eigenvalue weighted by Crippen LogP contribution is -2.34. The molecule has 1 saturated heterocycles. The van der Waals surface area contributed by atoms with E-state index < -0.39 is 0 Å². The molecule has 2 N–H and O–H groups in total. The van der Waals surface area contributed by atoms with E-state index in [1.54, 1.807) is 0 Å². The highest BCUT2D eigenvalue weighted by atomic mass is 35.5. The SMILES string of the molecule is C=C(Cl)CNC(=O)[C@@H]1CNC[C@H]1C.Cl. The van der Waals surface area contributed by atoms with Gasteiger partial charge >= 0.3 is 0 Å². The summed E-state index contributed by atoms with van der Waals surface area (Å²) in [4.78, 5) is 11.5. The van der Waals surface area contributed by atoms with Crippen molar-refractivity contribution in [2.75, 3.05) is 19.6 Å². The Morgan fingerprint density at radius 3 is 2.71 bits per heavy atom. The van der Waals surface area contributed by atoms with Gasteiger partial charge in [-0.2, -0.15) is 0 Å². The van der Waals surface area contributed by atoms with E-state index in [0.29, 0.717) is 17.5 Å². The van der Waals surface area contributed by atoms with Gasteiger partial charge in [0, 0.05) is 11.6 Å². The maximum atomic E-state index is 11.5. The molecule has 0 aromatic rings. The number of hydrogen-bond acceptors (Lipinski definition) is 2. The van der Waals surface area contributed by atoms with Crippen molar-refractivity contribution in [3.63, 3.8) is 0 Å². The lowest BCUT2D eigenvalue weighted by molar-refractivity contribution is -0.125. The van der Waals surface area contributed by atoms with Gasteiger partial charge in [-0.1, -0.05) is 25.1 Å². The van der Waals surface area contributed by atoms with Crippen LogP contribution in [-0.4, -0.2) is 25.5 Å². The van der Waals surface area contributed by atoms with Gasteiger partial charge < -0.3 is 10.6 Å². The molecule has 1 aliphatic rings. The van der Waals surface area contributed by atoms with E-state index in [9.17, 15) is 4.79 Å². The molecular weight excluding hydrogens is 223 g/mol.